The summed E-state index contributed by atoms with van der Waals surface area (Å²) >= 11 is 1.50. The number of benzene rings is 1. The SMILES string of the molecule is CCNCc1sc(-c2ccc(F)c(F)c2)nc1C. The predicted molar refractivity (Wildman–Crippen MR) is 69.6 cm³/mol. The molecule has 1 aromatic carbocycles. The summed E-state index contributed by atoms with van der Waals surface area (Å²) in [4.78, 5) is 5.52. The fourth-order valence-electron chi connectivity index (χ4n) is 1.58. The van der Waals surface area contributed by atoms with Crippen LogP contribution in [0.4, 0.5) is 8.78 Å². The van der Waals surface area contributed by atoms with Crippen LogP contribution in [0.5, 0.6) is 0 Å². The molecule has 2 nitrogen and oxygen atoms in total. The van der Waals surface area contributed by atoms with Crippen LogP contribution in [0.15, 0.2) is 18.2 Å². The molecule has 0 aliphatic rings. The van der Waals surface area contributed by atoms with Crippen molar-refractivity contribution in [3.63, 3.8) is 0 Å². The summed E-state index contributed by atoms with van der Waals surface area (Å²) in [6.45, 7) is 5.60. The van der Waals surface area contributed by atoms with Crippen LogP contribution in [-0.2, 0) is 6.54 Å². The number of aryl methyl sites for hydroxylation is 1. The molecular formula is C13H14F2N2S. The molecule has 0 aliphatic heterocycles. The molecule has 2 aromatic rings. The van der Waals surface area contributed by atoms with Gasteiger partial charge in [-0.2, -0.15) is 0 Å². The zero-order valence-electron chi connectivity index (χ0n) is 10.3. The average Bonchev–Trinajstić information content (AvgIpc) is 2.72. The number of nitrogens with zero attached hydrogens (tertiary/aromatic N) is 1. The lowest BCUT2D eigenvalue weighted by molar-refractivity contribution is 0.509. The highest BCUT2D eigenvalue weighted by Crippen LogP contribution is 2.28. The third-order valence-corrected chi connectivity index (χ3v) is 3.80. The number of halogens is 2. The van der Waals surface area contributed by atoms with Crippen LogP contribution in [0.1, 0.15) is 17.5 Å². The fraction of sp³-hybridized carbons (Fsp3) is 0.308. The quantitative estimate of drug-likeness (QED) is 0.918. The molecule has 0 saturated carbocycles. The van der Waals surface area contributed by atoms with Gasteiger partial charge in [0.1, 0.15) is 5.01 Å². The minimum atomic E-state index is -0.839. The summed E-state index contributed by atoms with van der Waals surface area (Å²) in [7, 11) is 0. The summed E-state index contributed by atoms with van der Waals surface area (Å²) < 4.78 is 26.0. The highest BCUT2D eigenvalue weighted by Gasteiger charge is 2.11. The van der Waals surface area contributed by atoms with Crippen LogP contribution in [0.2, 0.25) is 0 Å². The molecular weight excluding hydrogens is 254 g/mol. The molecule has 0 radical (unpaired) electrons. The van der Waals surface area contributed by atoms with Gasteiger partial charge in [0.25, 0.3) is 0 Å². The Morgan fingerprint density at radius 1 is 1.28 bits per heavy atom. The highest BCUT2D eigenvalue weighted by molar-refractivity contribution is 7.15. The molecule has 1 N–H and O–H groups in total. The highest BCUT2D eigenvalue weighted by atomic mass is 32.1. The maximum atomic E-state index is 13.2. The van der Waals surface area contributed by atoms with E-state index in [1.165, 1.54) is 17.4 Å². The van der Waals surface area contributed by atoms with Gasteiger partial charge in [-0.15, -0.1) is 11.3 Å². The summed E-state index contributed by atoms with van der Waals surface area (Å²) in [6, 6.07) is 3.86. The van der Waals surface area contributed by atoms with E-state index in [-0.39, 0.29) is 0 Å². The molecule has 0 bridgehead atoms. The van der Waals surface area contributed by atoms with E-state index in [1.54, 1.807) is 6.07 Å². The van der Waals surface area contributed by atoms with Crippen LogP contribution in [0, 0.1) is 18.6 Å². The predicted octanol–water partition coefficient (Wildman–Crippen LogP) is 3.51. The molecule has 5 heteroatoms. The first-order valence-corrected chi connectivity index (χ1v) is 6.56. The van der Waals surface area contributed by atoms with Crippen LogP contribution in [0.25, 0.3) is 10.6 Å². The Bertz CT molecular complexity index is 552. The summed E-state index contributed by atoms with van der Waals surface area (Å²) in [5.41, 5.74) is 1.55. The van der Waals surface area contributed by atoms with Crippen molar-refractivity contribution in [3.8, 4) is 10.6 Å². The van der Waals surface area contributed by atoms with E-state index < -0.39 is 11.6 Å². The smallest absolute Gasteiger partial charge is 0.159 e. The van der Waals surface area contributed by atoms with Crippen molar-refractivity contribution in [2.75, 3.05) is 6.54 Å². The van der Waals surface area contributed by atoms with Crippen molar-refractivity contribution in [2.45, 2.75) is 20.4 Å². The van der Waals surface area contributed by atoms with Gasteiger partial charge in [-0.05, 0) is 31.7 Å². The van der Waals surface area contributed by atoms with Crippen molar-refractivity contribution in [1.29, 1.82) is 0 Å². The lowest BCUT2D eigenvalue weighted by atomic mass is 10.2. The second-order valence-corrected chi connectivity index (χ2v) is 5.02. The monoisotopic (exact) mass is 268 g/mol. The molecule has 0 atom stereocenters. The Kier molecular flexibility index (Phi) is 4.04. The van der Waals surface area contributed by atoms with Crippen LogP contribution >= 0.6 is 11.3 Å². The number of hydrogen-bond acceptors (Lipinski definition) is 3. The molecule has 0 fully saturated rings. The fourth-order valence-corrected chi connectivity index (χ4v) is 2.61. The molecule has 96 valence electrons. The van der Waals surface area contributed by atoms with Gasteiger partial charge >= 0.3 is 0 Å². The van der Waals surface area contributed by atoms with Crippen LogP contribution in [-0.4, -0.2) is 11.5 Å². The lowest BCUT2D eigenvalue weighted by Gasteiger charge is -1.98. The molecule has 2 rings (SSSR count). The molecule has 0 saturated heterocycles. The number of thiazole rings is 1. The summed E-state index contributed by atoms with van der Waals surface area (Å²) in [6.07, 6.45) is 0. The van der Waals surface area contributed by atoms with Gasteiger partial charge in [0.15, 0.2) is 11.6 Å². The first-order chi connectivity index (χ1) is 8.61. The van der Waals surface area contributed by atoms with Gasteiger partial charge in [-0.25, -0.2) is 13.8 Å². The number of nitrogens with one attached hydrogen (secondary N) is 1. The zero-order chi connectivity index (χ0) is 13.1. The van der Waals surface area contributed by atoms with Gasteiger partial charge < -0.3 is 5.32 Å². The number of hydrogen-bond donors (Lipinski definition) is 1. The molecule has 0 aliphatic carbocycles. The summed E-state index contributed by atoms with van der Waals surface area (Å²) in [5, 5.41) is 3.95. The molecule has 1 aromatic heterocycles. The van der Waals surface area contributed by atoms with Crippen molar-refractivity contribution in [2.24, 2.45) is 0 Å². The Hall–Kier alpha value is -1.33. The Balaban J connectivity index is 2.30. The van der Waals surface area contributed by atoms with Gasteiger partial charge in [-0.3, -0.25) is 0 Å². The maximum Gasteiger partial charge on any atom is 0.159 e. The second-order valence-electron chi connectivity index (χ2n) is 3.94. The van der Waals surface area contributed by atoms with Crippen molar-refractivity contribution in [3.05, 3.63) is 40.4 Å². The van der Waals surface area contributed by atoms with Crippen molar-refractivity contribution < 1.29 is 8.78 Å². The van der Waals surface area contributed by atoms with Crippen molar-refractivity contribution in [1.82, 2.24) is 10.3 Å². The molecule has 18 heavy (non-hydrogen) atoms. The first kappa shape index (κ1) is 13.1. The molecule has 0 amide bonds. The van der Waals surface area contributed by atoms with E-state index in [0.717, 1.165) is 34.7 Å². The normalized spacial score (nSPS) is 10.9. The molecule has 0 spiro atoms. The standard InChI is InChI=1S/C13H14F2N2S/c1-3-16-7-12-8(2)17-13(18-12)9-4-5-10(14)11(15)6-9/h4-6,16H,3,7H2,1-2H3. The van der Waals surface area contributed by atoms with Gasteiger partial charge in [0, 0.05) is 17.0 Å². The maximum absolute atomic E-state index is 13.2. The third-order valence-electron chi connectivity index (χ3n) is 2.59. The zero-order valence-corrected chi connectivity index (χ0v) is 11.1. The van der Waals surface area contributed by atoms with E-state index in [0.29, 0.717) is 5.56 Å². The van der Waals surface area contributed by atoms with E-state index in [2.05, 4.69) is 10.3 Å². The Labute approximate surface area is 109 Å². The Morgan fingerprint density at radius 3 is 2.72 bits per heavy atom. The lowest BCUT2D eigenvalue weighted by Crippen LogP contribution is -2.11. The van der Waals surface area contributed by atoms with Gasteiger partial charge in [0.2, 0.25) is 0 Å². The number of aromatic nitrogens is 1. The van der Waals surface area contributed by atoms with E-state index in [9.17, 15) is 8.78 Å². The van der Waals surface area contributed by atoms with Crippen LogP contribution in [0.3, 0.4) is 0 Å². The van der Waals surface area contributed by atoms with Gasteiger partial charge in [0.05, 0.1) is 5.69 Å². The summed E-state index contributed by atoms with van der Waals surface area (Å²) in [5.74, 6) is -1.67. The largest absolute Gasteiger partial charge is 0.312 e. The first-order valence-electron chi connectivity index (χ1n) is 5.74. The minimum Gasteiger partial charge on any atom is -0.312 e. The van der Waals surface area contributed by atoms with Gasteiger partial charge in [-0.1, -0.05) is 6.92 Å². The topological polar surface area (TPSA) is 24.9 Å². The molecule has 1 heterocycles. The average molecular weight is 268 g/mol. The minimum absolute atomic E-state index is 0.616. The van der Waals surface area contributed by atoms with E-state index in [4.69, 9.17) is 0 Å². The molecule has 0 unspecified atom stereocenters. The third kappa shape index (κ3) is 2.73. The van der Waals surface area contributed by atoms with E-state index in [1.807, 2.05) is 13.8 Å². The Morgan fingerprint density at radius 2 is 2.06 bits per heavy atom. The van der Waals surface area contributed by atoms with Crippen LogP contribution < -0.4 is 5.32 Å². The van der Waals surface area contributed by atoms with E-state index >= 15 is 0 Å². The number of rotatable bonds is 4. The van der Waals surface area contributed by atoms with Crippen molar-refractivity contribution >= 4 is 11.3 Å². The second kappa shape index (κ2) is 5.54.